The fraction of sp³-hybridized carbons (Fsp3) is 0.345. The summed E-state index contributed by atoms with van der Waals surface area (Å²) in [5.41, 5.74) is 3.10. The Hall–Kier alpha value is -3.67. The number of ketones is 1. The molecule has 3 rings (SSSR count). The third kappa shape index (κ3) is 6.07. The predicted octanol–water partition coefficient (Wildman–Crippen LogP) is 7.23. The van der Waals surface area contributed by atoms with Gasteiger partial charge in [0, 0.05) is 23.2 Å². The molecule has 0 radical (unpaired) electrons. The molecule has 0 saturated carbocycles. The third-order valence-corrected chi connectivity index (χ3v) is 6.33. The maximum atomic E-state index is 13.1. The molecule has 1 heterocycles. The Morgan fingerprint density at radius 2 is 1.57 bits per heavy atom. The number of rotatable bonds is 11. The van der Waals surface area contributed by atoms with Gasteiger partial charge in [0.1, 0.15) is 17.3 Å². The van der Waals surface area contributed by atoms with Crippen molar-refractivity contribution in [1.82, 2.24) is 4.98 Å². The zero-order valence-corrected chi connectivity index (χ0v) is 21.1. The maximum absolute atomic E-state index is 13.1. The molecular weight excluding hydrogens is 440 g/mol. The molecule has 0 aliphatic rings. The van der Waals surface area contributed by atoms with Gasteiger partial charge >= 0.3 is 5.97 Å². The number of anilines is 1. The van der Waals surface area contributed by atoms with Gasteiger partial charge in [-0.25, -0.2) is 9.78 Å². The van der Waals surface area contributed by atoms with E-state index >= 15 is 0 Å². The van der Waals surface area contributed by atoms with Crippen LogP contribution in [0.2, 0.25) is 0 Å². The van der Waals surface area contributed by atoms with E-state index in [0.717, 1.165) is 23.5 Å². The summed E-state index contributed by atoms with van der Waals surface area (Å²) in [6.45, 7) is 9.77. The first-order chi connectivity index (χ1) is 16.8. The average Bonchev–Trinajstić information content (AvgIpc) is 2.87. The lowest BCUT2D eigenvalue weighted by molar-refractivity contribution is 0.0689. The van der Waals surface area contributed by atoms with Crippen molar-refractivity contribution in [3.05, 3.63) is 82.5 Å². The molecule has 6 heteroatoms. The van der Waals surface area contributed by atoms with Crippen LogP contribution in [0.1, 0.15) is 84.0 Å². The number of Topliss-reactive ketones (excluding diaryl/α,β-unsaturated/α-hetero) is 1. The van der Waals surface area contributed by atoms with Gasteiger partial charge in [-0.2, -0.15) is 0 Å². The summed E-state index contributed by atoms with van der Waals surface area (Å²) in [5.74, 6) is 0.515. The second-order valence-electron chi connectivity index (χ2n) is 8.80. The van der Waals surface area contributed by atoms with Crippen LogP contribution in [0.4, 0.5) is 5.82 Å². The van der Waals surface area contributed by atoms with Crippen LogP contribution in [-0.4, -0.2) is 21.8 Å². The highest BCUT2D eigenvalue weighted by Gasteiger charge is 2.27. The average molecular weight is 475 g/mol. The van der Waals surface area contributed by atoms with Gasteiger partial charge in [0.25, 0.3) is 0 Å². The molecule has 2 atom stereocenters. The first kappa shape index (κ1) is 25.9. The van der Waals surface area contributed by atoms with Crippen molar-refractivity contribution in [2.45, 2.75) is 59.9 Å². The van der Waals surface area contributed by atoms with E-state index in [0.29, 0.717) is 24.2 Å². The number of nitrogens with one attached hydrogen (secondary N) is 1. The number of carboxylic acid groups (broad SMARTS) is 1. The lowest BCUT2D eigenvalue weighted by Gasteiger charge is -2.23. The van der Waals surface area contributed by atoms with Crippen molar-refractivity contribution < 1.29 is 19.4 Å². The number of aromatic nitrogens is 1. The standard InChI is InChI=1S/C29H34N2O4/c1-6-19(5)27(32)26-23(7-2)28(30-17-24(26)29(33)34)31-25(8-3)20-11-15-22(16-12-20)35-21-13-9-18(4)10-14-21/h9-17,19,25H,6-8H2,1-5H3,(H,30,31)(H,33,34)/t19-,25+/m1/s1. The molecule has 0 unspecified atom stereocenters. The van der Waals surface area contributed by atoms with Gasteiger partial charge in [-0.3, -0.25) is 4.79 Å². The van der Waals surface area contributed by atoms with Gasteiger partial charge in [-0.05, 0) is 56.0 Å². The highest BCUT2D eigenvalue weighted by molar-refractivity contribution is 6.08. The summed E-state index contributed by atoms with van der Waals surface area (Å²) in [6.07, 6.45) is 3.21. The first-order valence-corrected chi connectivity index (χ1v) is 12.2. The number of aryl methyl sites for hydroxylation is 1. The Labute approximate surface area is 207 Å². The van der Waals surface area contributed by atoms with Gasteiger partial charge in [0.2, 0.25) is 0 Å². The molecule has 0 saturated heterocycles. The van der Waals surface area contributed by atoms with E-state index in [1.165, 1.54) is 11.8 Å². The summed E-state index contributed by atoms with van der Waals surface area (Å²) in [4.78, 5) is 29.4. The second kappa shape index (κ2) is 11.6. The van der Waals surface area contributed by atoms with Crippen molar-refractivity contribution >= 4 is 17.6 Å². The van der Waals surface area contributed by atoms with E-state index in [1.807, 2.05) is 76.2 Å². The Balaban J connectivity index is 1.89. The normalized spacial score (nSPS) is 12.6. The summed E-state index contributed by atoms with van der Waals surface area (Å²) < 4.78 is 5.94. The van der Waals surface area contributed by atoms with Crippen molar-refractivity contribution in [2.24, 2.45) is 5.92 Å². The van der Waals surface area contributed by atoms with E-state index in [4.69, 9.17) is 4.74 Å². The molecule has 6 nitrogen and oxygen atoms in total. The van der Waals surface area contributed by atoms with Crippen molar-refractivity contribution in [2.75, 3.05) is 5.32 Å². The van der Waals surface area contributed by atoms with E-state index in [1.54, 1.807) is 0 Å². The predicted molar refractivity (Wildman–Crippen MR) is 139 cm³/mol. The number of hydrogen-bond donors (Lipinski definition) is 2. The topological polar surface area (TPSA) is 88.5 Å². The molecule has 35 heavy (non-hydrogen) atoms. The number of carbonyl (C=O) groups excluding carboxylic acids is 1. The molecule has 1 aromatic heterocycles. The van der Waals surface area contributed by atoms with Crippen LogP contribution in [0.5, 0.6) is 11.5 Å². The summed E-state index contributed by atoms with van der Waals surface area (Å²) in [6, 6.07) is 15.7. The molecule has 0 spiro atoms. The van der Waals surface area contributed by atoms with Crippen LogP contribution in [-0.2, 0) is 6.42 Å². The van der Waals surface area contributed by atoms with Gasteiger partial charge in [-0.1, -0.05) is 57.5 Å². The zero-order valence-electron chi connectivity index (χ0n) is 21.1. The van der Waals surface area contributed by atoms with Crippen LogP contribution < -0.4 is 10.1 Å². The Kier molecular flexibility index (Phi) is 8.63. The summed E-state index contributed by atoms with van der Waals surface area (Å²) >= 11 is 0. The first-order valence-electron chi connectivity index (χ1n) is 12.2. The number of hydrogen-bond acceptors (Lipinski definition) is 5. The van der Waals surface area contributed by atoms with Crippen molar-refractivity contribution in [3.8, 4) is 11.5 Å². The van der Waals surface area contributed by atoms with Crippen LogP contribution in [0, 0.1) is 12.8 Å². The monoisotopic (exact) mass is 474 g/mol. The zero-order chi connectivity index (χ0) is 25.5. The fourth-order valence-corrected chi connectivity index (χ4v) is 3.99. The molecule has 0 aliphatic carbocycles. The van der Waals surface area contributed by atoms with Crippen LogP contribution in [0.3, 0.4) is 0 Å². The van der Waals surface area contributed by atoms with Gasteiger partial charge in [0.05, 0.1) is 11.6 Å². The molecular formula is C29H34N2O4. The number of carboxylic acids is 1. The number of carbonyl (C=O) groups is 2. The highest BCUT2D eigenvalue weighted by Crippen LogP contribution is 2.31. The second-order valence-corrected chi connectivity index (χ2v) is 8.80. The minimum absolute atomic E-state index is 0.0386. The molecule has 184 valence electrons. The Morgan fingerprint density at radius 1 is 0.971 bits per heavy atom. The summed E-state index contributed by atoms with van der Waals surface area (Å²) in [7, 11) is 0. The van der Waals surface area contributed by atoms with Crippen LogP contribution in [0.25, 0.3) is 0 Å². The third-order valence-electron chi connectivity index (χ3n) is 6.33. The Morgan fingerprint density at radius 3 is 2.09 bits per heavy atom. The van der Waals surface area contributed by atoms with E-state index in [-0.39, 0.29) is 28.9 Å². The maximum Gasteiger partial charge on any atom is 0.338 e. The van der Waals surface area contributed by atoms with Crippen LogP contribution >= 0.6 is 0 Å². The SMILES string of the molecule is CCc1c(N[C@@H](CC)c2ccc(Oc3ccc(C)cc3)cc2)ncc(C(=O)O)c1C(=O)[C@H](C)CC. The number of aromatic carboxylic acids is 1. The van der Waals surface area contributed by atoms with Crippen molar-refractivity contribution in [1.29, 1.82) is 0 Å². The largest absolute Gasteiger partial charge is 0.478 e. The smallest absolute Gasteiger partial charge is 0.338 e. The van der Waals surface area contributed by atoms with E-state index in [2.05, 4.69) is 17.2 Å². The number of nitrogens with zero attached hydrogens (tertiary/aromatic N) is 1. The Bertz CT molecular complexity index is 1170. The molecule has 2 aromatic carbocycles. The van der Waals surface area contributed by atoms with Crippen LogP contribution in [0.15, 0.2) is 54.7 Å². The van der Waals surface area contributed by atoms with Crippen molar-refractivity contribution in [3.63, 3.8) is 0 Å². The summed E-state index contributed by atoms with van der Waals surface area (Å²) in [5, 5.41) is 13.2. The van der Waals surface area contributed by atoms with Gasteiger partial charge in [0.15, 0.2) is 5.78 Å². The van der Waals surface area contributed by atoms with Gasteiger partial charge in [-0.15, -0.1) is 0 Å². The molecule has 2 N–H and O–H groups in total. The molecule has 0 amide bonds. The quantitative estimate of drug-likeness (QED) is 0.285. The number of pyridine rings is 1. The minimum atomic E-state index is -1.14. The molecule has 3 aromatic rings. The molecule has 0 fully saturated rings. The minimum Gasteiger partial charge on any atom is -0.478 e. The molecule has 0 bridgehead atoms. The van der Waals surface area contributed by atoms with Gasteiger partial charge < -0.3 is 15.2 Å². The lowest BCUT2D eigenvalue weighted by atomic mass is 9.89. The number of ether oxygens (including phenoxy) is 1. The fourth-order valence-electron chi connectivity index (χ4n) is 3.99. The lowest BCUT2D eigenvalue weighted by Crippen LogP contribution is -2.21. The number of benzene rings is 2. The van der Waals surface area contributed by atoms with E-state index in [9.17, 15) is 14.7 Å². The van der Waals surface area contributed by atoms with E-state index < -0.39 is 5.97 Å². The highest BCUT2D eigenvalue weighted by atomic mass is 16.5. The molecule has 0 aliphatic heterocycles.